The minimum absolute atomic E-state index is 0.0802. The van der Waals surface area contributed by atoms with Crippen LogP contribution < -0.4 is 5.32 Å². The minimum Gasteiger partial charge on any atom is -0.351 e. The van der Waals surface area contributed by atoms with Gasteiger partial charge in [0.25, 0.3) is 5.91 Å². The van der Waals surface area contributed by atoms with E-state index in [1.807, 2.05) is 6.92 Å². The predicted octanol–water partition coefficient (Wildman–Crippen LogP) is 1.40. The predicted molar refractivity (Wildman–Crippen MR) is 75.2 cm³/mol. The summed E-state index contributed by atoms with van der Waals surface area (Å²) in [6, 6.07) is 0. The summed E-state index contributed by atoms with van der Waals surface area (Å²) in [5.74, 6) is 0.911. The Morgan fingerprint density at radius 1 is 1.47 bits per heavy atom. The Kier molecular flexibility index (Phi) is 4.57. The zero-order chi connectivity index (χ0) is 13.9. The lowest BCUT2D eigenvalue weighted by Gasteiger charge is -2.21. The van der Waals surface area contributed by atoms with Gasteiger partial charge in [0.15, 0.2) is 0 Å². The maximum atomic E-state index is 11.8. The van der Waals surface area contributed by atoms with Gasteiger partial charge in [-0.2, -0.15) is 0 Å². The van der Waals surface area contributed by atoms with E-state index in [-0.39, 0.29) is 5.91 Å². The average molecular weight is 302 g/mol. The molecular weight excluding hydrogens is 284 g/mol. The van der Waals surface area contributed by atoms with Crippen LogP contribution in [0.2, 0.25) is 0 Å². The first-order valence-corrected chi connectivity index (χ1v) is 9.07. The Morgan fingerprint density at radius 2 is 2.16 bits per heavy atom. The Hall–Kier alpha value is -0.950. The number of rotatable bonds is 4. The molecule has 1 aliphatic heterocycles. The van der Waals surface area contributed by atoms with Gasteiger partial charge in [-0.1, -0.05) is 0 Å². The number of aryl methyl sites for hydroxylation is 1. The highest BCUT2D eigenvalue weighted by atomic mass is 32.2. The fourth-order valence-electron chi connectivity index (χ4n) is 2.22. The SMILES string of the molecule is Cc1ncsc1C(=O)NCCC1CCS(=O)(=O)CC1. The molecule has 0 unspecified atom stereocenters. The molecular formula is C12H18N2O3S2. The fraction of sp³-hybridized carbons (Fsp3) is 0.667. The molecule has 5 nitrogen and oxygen atoms in total. The fourth-order valence-corrected chi connectivity index (χ4v) is 4.53. The van der Waals surface area contributed by atoms with Gasteiger partial charge in [-0.3, -0.25) is 4.79 Å². The number of aromatic nitrogens is 1. The summed E-state index contributed by atoms with van der Waals surface area (Å²) in [5, 5.41) is 2.88. The maximum Gasteiger partial charge on any atom is 0.263 e. The largest absolute Gasteiger partial charge is 0.351 e. The third kappa shape index (κ3) is 4.01. The van der Waals surface area contributed by atoms with Crippen LogP contribution in [0.3, 0.4) is 0 Å². The Labute approximate surface area is 117 Å². The summed E-state index contributed by atoms with van der Waals surface area (Å²) < 4.78 is 22.6. The monoisotopic (exact) mass is 302 g/mol. The van der Waals surface area contributed by atoms with Crippen LogP contribution in [0.4, 0.5) is 0 Å². The topological polar surface area (TPSA) is 76.1 Å². The van der Waals surface area contributed by atoms with E-state index < -0.39 is 9.84 Å². The second kappa shape index (κ2) is 6.00. The number of amides is 1. The molecule has 0 saturated carbocycles. The standard InChI is InChI=1S/C12H18N2O3S2/c1-9-11(18-8-14-9)12(15)13-5-2-10-3-6-19(16,17)7-4-10/h8,10H,2-7H2,1H3,(H,13,15). The van der Waals surface area contributed by atoms with E-state index >= 15 is 0 Å². The van der Waals surface area contributed by atoms with Crippen molar-refractivity contribution in [1.29, 1.82) is 0 Å². The highest BCUT2D eigenvalue weighted by molar-refractivity contribution is 7.91. The Bertz CT molecular complexity index is 537. The summed E-state index contributed by atoms with van der Waals surface area (Å²) in [6.07, 6.45) is 2.29. The van der Waals surface area contributed by atoms with Gasteiger partial charge in [0.05, 0.1) is 22.7 Å². The van der Waals surface area contributed by atoms with Crippen LogP contribution in [0, 0.1) is 12.8 Å². The van der Waals surface area contributed by atoms with Crippen molar-refractivity contribution in [2.75, 3.05) is 18.1 Å². The van der Waals surface area contributed by atoms with Crippen LogP contribution >= 0.6 is 11.3 Å². The van der Waals surface area contributed by atoms with Gasteiger partial charge in [0, 0.05) is 6.54 Å². The lowest BCUT2D eigenvalue weighted by molar-refractivity contribution is 0.0954. The van der Waals surface area contributed by atoms with Gasteiger partial charge in [-0.25, -0.2) is 13.4 Å². The normalized spacial score (nSPS) is 19.2. The van der Waals surface area contributed by atoms with Gasteiger partial charge >= 0.3 is 0 Å². The smallest absolute Gasteiger partial charge is 0.263 e. The van der Waals surface area contributed by atoms with Crippen LogP contribution in [0.5, 0.6) is 0 Å². The van der Waals surface area contributed by atoms with Gasteiger partial charge in [0.1, 0.15) is 14.7 Å². The van der Waals surface area contributed by atoms with Crippen LogP contribution in [-0.4, -0.2) is 37.4 Å². The molecule has 0 spiro atoms. The molecule has 1 fully saturated rings. The number of hydrogen-bond donors (Lipinski definition) is 1. The minimum atomic E-state index is -2.79. The average Bonchev–Trinajstić information content (AvgIpc) is 2.77. The summed E-state index contributed by atoms with van der Waals surface area (Å²) in [7, 11) is -2.79. The zero-order valence-electron chi connectivity index (χ0n) is 10.9. The zero-order valence-corrected chi connectivity index (χ0v) is 12.5. The molecule has 2 rings (SSSR count). The number of nitrogens with zero attached hydrogens (tertiary/aromatic N) is 1. The molecule has 1 aromatic heterocycles. The summed E-state index contributed by atoms with van der Waals surface area (Å²) in [4.78, 5) is 16.5. The van der Waals surface area contributed by atoms with Gasteiger partial charge < -0.3 is 5.32 Å². The molecule has 106 valence electrons. The van der Waals surface area contributed by atoms with Crippen molar-refractivity contribution < 1.29 is 13.2 Å². The molecule has 0 aromatic carbocycles. The van der Waals surface area contributed by atoms with E-state index in [9.17, 15) is 13.2 Å². The highest BCUT2D eigenvalue weighted by Gasteiger charge is 2.23. The first-order chi connectivity index (χ1) is 8.98. The lowest BCUT2D eigenvalue weighted by Crippen LogP contribution is -2.29. The summed E-state index contributed by atoms with van der Waals surface area (Å²) in [5.41, 5.74) is 2.42. The molecule has 2 heterocycles. The third-order valence-electron chi connectivity index (χ3n) is 3.46. The van der Waals surface area contributed by atoms with Crippen molar-refractivity contribution in [2.45, 2.75) is 26.2 Å². The number of sulfone groups is 1. The summed E-state index contributed by atoms with van der Waals surface area (Å²) in [6.45, 7) is 2.41. The van der Waals surface area contributed by atoms with Crippen molar-refractivity contribution in [3.63, 3.8) is 0 Å². The van der Waals surface area contributed by atoms with Crippen molar-refractivity contribution >= 4 is 27.1 Å². The van der Waals surface area contributed by atoms with Crippen molar-refractivity contribution in [2.24, 2.45) is 5.92 Å². The van der Waals surface area contributed by atoms with Crippen LogP contribution in [0.1, 0.15) is 34.6 Å². The molecule has 0 bridgehead atoms. The van der Waals surface area contributed by atoms with Crippen LogP contribution in [0.15, 0.2) is 5.51 Å². The highest BCUT2D eigenvalue weighted by Crippen LogP contribution is 2.21. The van der Waals surface area contributed by atoms with Gasteiger partial charge in [-0.05, 0) is 32.1 Å². The molecule has 1 aliphatic rings. The van der Waals surface area contributed by atoms with Crippen molar-refractivity contribution in [3.8, 4) is 0 Å². The molecule has 0 aliphatic carbocycles. The first-order valence-electron chi connectivity index (χ1n) is 6.36. The van der Waals surface area contributed by atoms with E-state index in [4.69, 9.17) is 0 Å². The van der Waals surface area contributed by atoms with Crippen molar-refractivity contribution in [1.82, 2.24) is 10.3 Å². The number of hydrogen-bond acceptors (Lipinski definition) is 5. The Morgan fingerprint density at radius 3 is 2.74 bits per heavy atom. The number of nitrogens with one attached hydrogen (secondary N) is 1. The molecule has 19 heavy (non-hydrogen) atoms. The molecule has 1 amide bonds. The molecule has 1 N–H and O–H groups in total. The number of carbonyl (C=O) groups excluding carboxylic acids is 1. The molecule has 1 saturated heterocycles. The molecule has 0 radical (unpaired) electrons. The lowest BCUT2D eigenvalue weighted by atomic mass is 9.99. The van der Waals surface area contributed by atoms with Crippen molar-refractivity contribution in [3.05, 3.63) is 16.1 Å². The molecule has 7 heteroatoms. The second-order valence-electron chi connectivity index (χ2n) is 4.91. The van der Waals surface area contributed by atoms with E-state index in [2.05, 4.69) is 10.3 Å². The van der Waals surface area contributed by atoms with E-state index in [1.165, 1.54) is 11.3 Å². The van der Waals surface area contributed by atoms with Crippen LogP contribution in [-0.2, 0) is 9.84 Å². The molecule has 0 atom stereocenters. The Balaban J connectivity index is 1.73. The third-order valence-corrected chi connectivity index (χ3v) is 6.11. The maximum absolute atomic E-state index is 11.8. The second-order valence-corrected chi connectivity index (χ2v) is 8.07. The van der Waals surface area contributed by atoms with E-state index in [0.29, 0.717) is 28.8 Å². The molecule has 1 aromatic rings. The van der Waals surface area contributed by atoms with E-state index in [0.717, 1.165) is 25.0 Å². The van der Waals surface area contributed by atoms with Gasteiger partial charge in [0.2, 0.25) is 0 Å². The van der Waals surface area contributed by atoms with Gasteiger partial charge in [-0.15, -0.1) is 11.3 Å². The van der Waals surface area contributed by atoms with Crippen LogP contribution in [0.25, 0.3) is 0 Å². The first kappa shape index (κ1) is 14.5. The summed E-state index contributed by atoms with van der Waals surface area (Å²) >= 11 is 1.34. The number of thiazole rings is 1. The van der Waals surface area contributed by atoms with E-state index in [1.54, 1.807) is 5.51 Å². The quantitative estimate of drug-likeness (QED) is 0.912. The number of carbonyl (C=O) groups is 1.